The summed E-state index contributed by atoms with van der Waals surface area (Å²) in [6.07, 6.45) is 5.59. The minimum atomic E-state index is -0.494. The molecule has 0 spiro atoms. The Kier molecular flexibility index (Phi) is 6.70. The highest BCUT2D eigenvalue weighted by Gasteiger charge is 2.35. The third-order valence-corrected chi connectivity index (χ3v) is 6.49. The van der Waals surface area contributed by atoms with E-state index in [-0.39, 0.29) is 30.2 Å². The second kappa shape index (κ2) is 9.65. The summed E-state index contributed by atoms with van der Waals surface area (Å²) in [6, 6.07) is 12.9. The SMILES string of the molecule is C=CCN1CCC(N(C)C(=O)N2CC(c3cc(F)ccc3F)=C[C@H]2c2ccccc2)CC1. The molecule has 2 aliphatic rings. The molecule has 2 amide bonds. The Morgan fingerprint density at radius 3 is 2.56 bits per heavy atom. The Morgan fingerprint density at radius 2 is 1.88 bits per heavy atom. The normalized spacial score (nSPS) is 19.7. The molecule has 0 bridgehead atoms. The molecule has 168 valence electrons. The molecule has 1 atom stereocenters. The van der Waals surface area contributed by atoms with Crippen molar-refractivity contribution < 1.29 is 13.6 Å². The van der Waals surface area contributed by atoms with E-state index in [0.717, 1.165) is 50.2 Å². The first-order chi connectivity index (χ1) is 15.5. The van der Waals surface area contributed by atoms with Crippen molar-refractivity contribution in [2.75, 3.05) is 33.2 Å². The summed E-state index contributed by atoms with van der Waals surface area (Å²) in [5.41, 5.74) is 1.78. The van der Waals surface area contributed by atoms with E-state index >= 15 is 0 Å². The molecular weight excluding hydrogens is 408 g/mol. The highest BCUT2D eigenvalue weighted by molar-refractivity contribution is 5.82. The highest BCUT2D eigenvalue weighted by Crippen LogP contribution is 2.36. The van der Waals surface area contributed by atoms with Crippen molar-refractivity contribution in [3.8, 4) is 0 Å². The lowest BCUT2D eigenvalue weighted by Gasteiger charge is -2.39. The first-order valence-electron chi connectivity index (χ1n) is 11.1. The molecule has 0 radical (unpaired) electrons. The van der Waals surface area contributed by atoms with E-state index < -0.39 is 11.6 Å². The highest BCUT2D eigenvalue weighted by atomic mass is 19.1. The number of likely N-dealkylation sites (tertiary alicyclic amines) is 1. The van der Waals surface area contributed by atoms with Crippen molar-refractivity contribution in [2.24, 2.45) is 0 Å². The number of amides is 2. The molecule has 0 aromatic heterocycles. The van der Waals surface area contributed by atoms with Crippen LogP contribution in [0.25, 0.3) is 5.57 Å². The van der Waals surface area contributed by atoms with Gasteiger partial charge in [-0.1, -0.05) is 42.5 Å². The Morgan fingerprint density at radius 1 is 1.16 bits per heavy atom. The number of rotatable bonds is 5. The number of carbonyl (C=O) groups excluding carboxylic acids is 1. The largest absolute Gasteiger partial charge is 0.325 e. The van der Waals surface area contributed by atoms with E-state index in [4.69, 9.17) is 0 Å². The number of benzene rings is 2. The van der Waals surface area contributed by atoms with Gasteiger partial charge in [0.15, 0.2) is 0 Å². The molecule has 1 fully saturated rings. The number of carbonyl (C=O) groups is 1. The van der Waals surface area contributed by atoms with E-state index in [1.165, 1.54) is 6.07 Å². The zero-order valence-electron chi connectivity index (χ0n) is 18.4. The summed E-state index contributed by atoms with van der Waals surface area (Å²) in [5.74, 6) is -0.978. The van der Waals surface area contributed by atoms with Crippen LogP contribution in [0.5, 0.6) is 0 Å². The van der Waals surface area contributed by atoms with E-state index in [1.54, 1.807) is 4.90 Å². The number of urea groups is 1. The van der Waals surface area contributed by atoms with Gasteiger partial charge >= 0.3 is 6.03 Å². The van der Waals surface area contributed by atoms with Crippen molar-refractivity contribution in [3.63, 3.8) is 0 Å². The quantitative estimate of drug-likeness (QED) is 0.608. The van der Waals surface area contributed by atoms with Crippen molar-refractivity contribution in [1.82, 2.24) is 14.7 Å². The number of nitrogens with zero attached hydrogens (tertiary/aromatic N) is 3. The molecule has 0 N–H and O–H groups in total. The van der Waals surface area contributed by atoms with Crippen LogP contribution in [0.4, 0.5) is 13.6 Å². The van der Waals surface area contributed by atoms with Gasteiger partial charge in [0.25, 0.3) is 0 Å². The smallest absolute Gasteiger partial charge is 0.321 e. The summed E-state index contributed by atoms with van der Waals surface area (Å²) in [6.45, 7) is 6.75. The summed E-state index contributed by atoms with van der Waals surface area (Å²) in [7, 11) is 1.85. The minimum absolute atomic E-state index is 0.0934. The Bertz CT molecular complexity index is 999. The summed E-state index contributed by atoms with van der Waals surface area (Å²) in [5, 5.41) is 0. The Labute approximate surface area is 188 Å². The second-order valence-corrected chi connectivity index (χ2v) is 8.51. The van der Waals surface area contributed by atoms with E-state index in [2.05, 4.69) is 11.5 Å². The van der Waals surface area contributed by atoms with Crippen LogP contribution in [-0.4, -0.2) is 60.0 Å². The van der Waals surface area contributed by atoms with Crippen molar-refractivity contribution in [1.29, 1.82) is 0 Å². The van der Waals surface area contributed by atoms with Gasteiger partial charge in [0.1, 0.15) is 11.6 Å². The molecule has 2 aliphatic heterocycles. The van der Waals surface area contributed by atoms with Gasteiger partial charge < -0.3 is 9.80 Å². The molecule has 2 heterocycles. The van der Waals surface area contributed by atoms with Gasteiger partial charge in [0.05, 0.1) is 6.04 Å². The van der Waals surface area contributed by atoms with Gasteiger partial charge in [-0.05, 0) is 42.2 Å². The van der Waals surface area contributed by atoms with E-state index in [1.807, 2.05) is 54.4 Å². The molecule has 2 aromatic rings. The van der Waals surface area contributed by atoms with E-state index in [9.17, 15) is 13.6 Å². The first-order valence-corrected chi connectivity index (χ1v) is 11.1. The van der Waals surface area contributed by atoms with Gasteiger partial charge in [-0.15, -0.1) is 6.58 Å². The fraction of sp³-hybridized carbons (Fsp3) is 0.346. The number of hydrogen-bond acceptors (Lipinski definition) is 2. The lowest BCUT2D eigenvalue weighted by atomic mass is 10.0. The predicted octanol–water partition coefficient (Wildman–Crippen LogP) is 5.11. The predicted molar refractivity (Wildman–Crippen MR) is 123 cm³/mol. The van der Waals surface area contributed by atoms with Crippen molar-refractivity contribution in [2.45, 2.75) is 24.9 Å². The topological polar surface area (TPSA) is 26.8 Å². The van der Waals surface area contributed by atoms with Crippen LogP contribution in [0, 0.1) is 11.6 Å². The third-order valence-electron chi connectivity index (χ3n) is 6.49. The van der Waals surface area contributed by atoms with Gasteiger partial charge in [-0.2, -0.15) is 0 Å². The van der Waals surface area contributed by atoms with Crippen molar-refractivity contribution >= 4 is 11.6 Å². The molecule has 0 aliphatic carbocycles. The van der Waals surface area contributed by atoms with Crippen LogP contribution in [0.15, 0.2) is 67.3 Å². The molecule has 0 saturated carbocycles. The van der Waals surface area contributed by atoms with Crippen molar-refractivity contribution in [3.05, 3.63) is 90.0 Å². The third kappa shape index (κ3) is 4.60. The number of halogens is 2. The summed E-state index contributed by atoms with van der Waals surface area (Å²) < 4.78 is 28.3. The molecule has 4 rings (SSSR count). The maximum atomic E-state index is 14.5. The summed E-state index contributed by atoms with van der Waals surface area (Å²) in [4.78, 5) is 19.5. The zero-order valence-corrected chi connectivity index (χ0v) is 18.4. The molecular formula is C26H29F2N3O. The van der Waals surface area contributed by atoms with Gasteiger partial charge in [0.2, 0.25) is 0 Å². The second-order valence-electron chi connectivity index (χ2n) is 8.51. The van der Waals surface area contributed by atoms with Gasteiger partial charge in [0, 0.05) is 44.8 Å². The maximum Gasteiger partial charge on any atom is 0.321 e. The zero-order chi connectivity index (χ0) is 22.7. The molecule has 32 heavy (non-hydrogen) atoms. The molecule has 4 nitrogen and oxygen atoms in total. The molecule has 0 unspecified atom stereocenters. The molecule has 6 heteroatoms. The lowest BCUT2D eigenvalue weighted by molar-refractivity contribution is 0.115. The van der Waals surface area contributed by atoms with Crippen LogP contribution < -0.4 is 0 Å². The fourth-order valence-corrected chi connectivity index (χ4v) is 4.68. The van der Waals surface area contributed by atoms with Crippen LogP contribution >= 0.6 is 0 Å². The lowest BCUT2D eigenvalue weighted by Crippen LogP contribution is -2.50. The average molecular weight is 438 g/mol. The molecule has 1 saturated heterocycles. The van der Waals surface area contributed by atoms with E-state index in [0.29, 0.717) is 5.57 Å². The standard InChI is InChI=1S/C26H29F2N3O/c1-3-13-30-14-11-22(12-15-30)29(2)26(32)31-18-20(23-17-21(27)9-10-24(23)28)16-25(31)19-7-5-4-6-8-19/h3-10,16-17,22,25H,1,11-15,18H2,2H3/t25-/m0/s1. The fourth-order valence-electron chi connectivity index (χ4n) is 4.68. The number of piperidine rings is 1. The van der Waals surface area contributed by atoms with Crippen LogP contribution in [-0.2, 0) is 0 Å². The van der Waals surface area contributed by atoms with Gasteiger partial charge in [-0.3, -0.25) is 4.90 Å². The Hall–Kier alpha value is -2.99. The minimum Gasteiger partial charge on any atom is -0.325 e. The molecule has 2 aromatic carbocycles. The first kappa shape index (κ1) is 22.2. The summed E-state index contributed by atoms with van der Waals surface area (Å²) >= 11 is 0. The monoisotopic (exact) mass is 437 g/mol. The maximum absolute atomic E-state index is 14.5. The van der Waals surface area contributed by atoms with Crippen LogP contribution in [0.1, 0.15) is 30.0 Å². The van der Waals surface area contributed by atoms with Crippen LogP contribution in [0.3, 0.4) is 0 Å². The number of hydrogen-bond donors (Lipinski definition) is 0. The Balaban J connectivity index is 1.57. The van der Waals surface area contributed by atoms with Gasteiger partial charge in [-0.25, -0.2) is 13.6 Å². The van der Waals surface area contributed by atoms with Crippen LogP contribution in [0.2, 0.25) is 0 Å². The average Bonchev–Trinajstić information content (AvgIpc) is 3.26.